The summed E-state index contributed by atoms with van der Waals surface area (Å²) in [7, 11) is 1.91. The van der Waals surface area contributed by atoms with Crippen molar-refractivity contribution in [2.75, 3.05) is 6.54 Å². The van der Waals surface area contributed by atoms with Crippen molar-refractivity contribution in [1.29, 1.82) is 0 Å². The van der Waals surface area contributed by atoms with Crippen molar-refractivity contribution in [3.63, 3.8) is 0 Å². The molecule has 1 fully saturated rings. The zero-order chi connectivity index (χ0) is 14.1. The first-order chi connectivity index (χ1) is 9.66. The number of nitrogens with zero attached hydrogens (tertiary/aromatic N) is 3. The van der Waals surface area contributed by atoms with Crippen molar-refractivity contribution in [3.05, 3.63) is 40.5 Å². The first kappa shape index (κ1) is 13.4. The van der Waals surface area contributed by atoms with Crippen LogP contribution in [0.3, 0.4) is 0 Å². The Kier molecular flexibility index (Phi) is 3.65. The fourth-order valence-electron chi connectivity index (χ4n) is 2.76. The van der Waals surface area contributed by atoms with Crippen LogP contribution in [0, 0.1) is 0 Å². The van der Waals surface area contributed by atoms with Crippen LogP contribution in [0.1, 0.15) is 41.6 Å². The highest BCUT2D eigenvalue weighted by atomic mass is 79.9. The molecule has 20 heavy (non-hydrogen) atoms. The standard InChI is InChI=1S/C14H16BrN3O2/c1-17-11(5-6-16-17)12-4-2-3-7-18(12)14(19)13-8-10(15)9-20-13/h5-6,8-9,12H,2-4,7H2,1H3. The van der Waals surface area contributed by atoms with Gasteiger partial charge in [-0.2, -0.15) is 5.10 Å². The molecule has 1 atom stereocenters. The second-order valence-corrected chi connectivity index (χ2v) is 5.93. The lowest BCUT2D eigenvalue weighted by Crippen LogP contribution is -2.39. The summed E-state index contributed by atoms with van der Waals surface area (Å²) in [4.78, 5) is 14.5. The third-order valence-corrected chi connectivity index (χ3v) is 4.16. The van der Waals surface area contributed by atoms with Crippen LogP contribution >= 0.6 is 15.9 Å². The van der Waals surface area contributed by atoms with Gasteiger partial charge in [-0.3, -0.25) is 9.48 Å². The molecule has 0 N–H and O–H groups in total. The molecule has 1 unspecified atom stereocenters. The molecule has 0 aromatic carbocycles. The number of halogens is 1. The Morgan fingerprint density at radius 1 is 1.50 bits per heavy atom. The third-order valence-electron chi connectivity index (χ3n) is 3.74. The molecule has 0 aliphatic carbocycles. The van der Waals surface area contributed by atoms with Gasteiger partial charge in [-0.15, -0.1) is 0 Å². The molecule has 5 nitrogen and oxygen atoms in total. The van der Waals surface area contributed by atoms with E-state index in [9.17, 15) is 4.79 Å². The number of aryl methyl sites for hydroxylation is 1. The summed E-state index contributed by atoms with van der Waals surface area (Å²) >= 11 is 3.31. The molecule has 106 valence electrons. The number of hydrogen-bond donors (Lipinski definition) is 0. The van der Waals surface area contributed by atoms with E-state index in [0.29, 0.717) is 5.76 Å². The number of rotatable bonds is 2. The first-order valence-corrected chi connectivity index (χ1v) is 7.49. The van der Waals surface area contributed by atoms with Gasteiger partial charge in [0.05, 0.1) is 16.2 Å². The van der Waals surface area contributed by atoms with Gasteiger partial charge in [-0.1, -0.05) is 0 Å². The van der Waals surface area contributed by atoms with Crippen LogP contribution in [0.2, 0.25) is 0 Å². The highest BCUT2D eigenvalue weighted by molar-refractivity contribution is 9.10. The van der Waals surface area contributed by atoms with Gasteiger partial charge < -0.3 is 9.32 Å². The predicted molar refractivity (Wildman–Crippen MR) is 77.2 cm³/mol. The zero-order valence-electron chi connectivity index (χ0n) is 11.3. The average Bonchev–Trinajstić information content (AvgIpc) is 3.07. The van der Waals surface area contributed by atoms with Crippen molar-refractivity contribution >= 4 is 21.8 Å². The van der Waals surface area contributed by atoms with Crippen LogP contribution in [0.25, 0.3) is 0 Å². The largest absolute Gasteiger partial charge is 0.458 e. The molecule has 2 aromatic rings. The maximum absolute atomic E-state index is 12.6. The molecule has 1 aliphatic heterocycles. The maximum atomic E-state index is 12.6. The summed E-state index contributed by atoms with van der Waals surface area (Å²) in [6, 6.07) is 3.78. The lowest BCUT2D eigenvalue weighted by Gasteiger charge is -2.35. The van der Waals surface area contributed by atoms with Gasteiger partial charge in [0.25, 0.3) is 5.91 Å². The molecular weight excluding hydrogens is 322 g/mol. The average molecular weight is 338 g/mol. The number of hydrogen-bond acceptors (Lipinski definition) is 3. The molecule has 1 saturated heterocycles. The number of carbonyl (C=O) groups is 1. The van der Waals surface area contributed by atoms with Crippen LogP contribution in [0.15, 0.2) is 33.5 Å². The van der Waals surface area contributed by atoms with E-state index in [1.807, 2.05) is 22.7 Å². The Hall–Kier alpha value is -1.56. The number of carbonyl (C=O) groups excluding carboxylic acids is 1. The molecule has 3 heterocycles. The fourth-order valence-corrected chi connectivity index (χ4v) is 3.06. The molecule has 6 heteroatoms. The smallest absolute Gasteiger partial charge is 0.290 e. The van der Waals surface area contributed by atoms with Crippen LogP contribution < -0.4 is 0 Å². The van der Waals surface area contributed by atoms with Gasteiger partial charge in [0.1, 0.15) is 6.26 Å². The number of furan rings is 1. The van der Waals surface area contributed by atoms with E-state index >= 15 is 0 Å². The molecule has 0 bridgehead atoms. The van der Waals surface area contributed by atoms with Gasteiger partial charge in [0.2, 0.25) is 0 Å². The summed E-state index contributed by atoms with van der Waals surface area (Å²) in [6.45, 7) is 0.757. The Morgan fingerprint density at radius 2 is 2.35 bits per heavy atom. The third kappa shape index (κ3) is 2.40. The second-order valence-electron chi connectivity index (χ2n) is 5.02. The normalized spacial score (nSPS) is 19.3. The van der Waals surface area contributed by atoms with Crippen molar-refractivity contribution in [2.45, 2.75) is 25.3 Å². The van der Waals surface area contributed by atoms with E-state index in [1.165, 1.54) is 6.26 Å². The summed E-state index contributed by atoms with van der Waals surface area (Å²) in [6.07, 6.45) is 6.43. The van der Waals surface area contributed by atoms with Crippen LogP contribution in [0.5, 0.6) is 0 Å². The van der Waals surface area contributed by atoms with Gasteiger partial charge in [-0.05, 0) is 41.3 Å². The number of likely N-dealkylation sites (tertiary alicyclic amines) is 1. The minimum Gasteiger partial charge on any atom is -0.458 e. The van der Waals surface area contributed by atoms with Gasteiger partial charge in [-0.25, -0.2) is 0 Å². The van der Waals surface area contributed by atoms with Crippen LogP contribution in [-0.2, 0) is 7.05 Å². The summed E-state index contributed by atoms with van der Waals surface area (Å²) < 4.78 is 7.94. The van der Waals surface area contributed by atoms with Crippen molar-refractivity contribution < 1.29 is 9.21 Å². The van der Waals surface area contributed by atoms with Crippen molar-refractivity contribution in [2.24, 2.45) is 7.05 Å². The topological polar surface area (TPSA) is 51.3 Å². The molecule has 1 aliphatic rings. The lowest BCUT2D eigenvalue weighted by molar-refractivity contribution is 0.0568. The molecule has 2 aromatic heterocycles. The molecule has 3 rings (SSSR count). The Bertz CT molecular complexity index is 619. The molecular formula is C14H16BrN3O2. The van der Waals surface area contributed by atoms with Gasteiger partial charge >= 0.3 is 0 Å². The van der Waals surface area contributed by atoms with Gasteiger partial charge in [0, 0.05) is 25.9 Å². The SMILES string of the molecule is Cn1nccc1C1CCCCN1C(=O)c1cc(Br)co1. The molecule has 0 saturated carbocycles. The second kappa shape index (κ2) is 5.44. The highest BCUT2D eigenvalue weighted by Crippen LogP contribution is 2.32. The van der Waals surface area contributed by atoms with E-state index in [-0.39, 0.29) is 11.9 Å². The van der Waals surface area contributed by atoms with E-state index in [4.69, 9.17) is 4.42 Å². The molecule has 0 radical (unpaired) electrons. The van der Waals surface area contributed by atoms with E-state index in [2.05, 4.69) is 21.0 Å². The highest BCUT2D eigenvalue weighted by Gasteiger charge is 2.31. The number of piperidine rings is 1. The Morgan fingerprint density at radius 3 is 3.00 bits per heavy atom. The summed E-state index contributed by atoms with van der Waals surface area (Å²) in [5.74, 6) is 0.326. The van der Waals surface area contributed by atoms with Crippen molar-refractivity contribution in [3.8, 4) is 0 Å². The lowest BCUT2D eigenvalue weighted by atomic mass is 9.99. The van der Waals surface area contributed by atoms with E-state index in [1.54, 1.807) is 12.3 Å². The zero-order valence-corrected chi connectivity index (χ0v) is 12.8. The minimum absolute atomic E-state index is 0.0541. The number of aromatic nitrogens is 2. The molecule has 1 amide bonds. The van der Waals surface area contributed by atoms with Crippen LogP contribution in [0.4, 0.5) is 0 Å². The predicted octanol–water partition coefficient (Wildman–Crippen LogP) is 3.14. The van der Waals surface area contributed by atoms with E-state index in [0.717, 1.165) is 36.0 Å². The minimum atomic E-state index is -0.0541. The van der Waals surface area contributed by atoms with Gasteiger partial charge in [0.15, 0.2) is 5.76 Å². The summed E-state index contributed by atoms with van der Waals surface area (Å²) in [5.41, 5.74) is 1.07. The summed E-state index contributed by atoms with van der Waals surface area (Å²) in [5, 5.41) is 4.21. The van der Waals surface area contributed by atoms with E-state index < -0.39 is 0 Å². The Balaban J connectivity index is 1.89. The van der Waals surface area contributed by atoms with Crippen LogP contribution in [-0.4, -0.2) is 27.1 Å². The maximum Gasteiger partial charge on any atom is 0.290 e. The monoisotopic (exact) mass is 337 g/mol. The van der Waals surface area contributed by atoms with Crippen molar-refractivity contribution in [1.82, 2.24) is 14.7 Å². The fraction of sp³-hybridized carbons (Fsp3) is 0.429. The number of amides is 1. The Labute approximate surface area is 125 Å². The first-order valence-electron chi connectivity index (χ1n) is 6.69. The molecule has 0 spiro atoms. The quantitative estimate of drug-likeness (QED) is 0.845.